The molecule has 1 fully saturated rings. The summed E-state index contributed by atoms with van der Waals surface area (Å²) < 4.78 is 0. The number of fused-ring (bicyclic) bond motifs is 1. The Bertz CT molecular complexity index is 686. The van der Waals surface area contributed by atoms with Crippen LogP contribution in [0, 0.1) is 5.92 Å². The van der Waals surface area contributed by atoms with Gasteiger partial charge in [0.05, 0.1) is 0 Å². The fourth-order valence-corrected chi connectivity index (χ4v) is 3.08. The van der Waals surface area contributed by atoms with Gasteiger partial charge >= 0.3 is 0 Å². The first-order valence-electron chi connectivity index (χ1n) is 8.85. The lowest BCUT2D eigenvalue weighted by Crippen LogP contribution is -2.39. The molecule has 4 nitrogen and oxygen atoms in total. The van der Waals surface area contributed by atoms with Gasteiger partial charge in [0, 0.05) is 36.2 Å². The number of aromatic amines is 1. The Morgan fingerprint density at radius 2 is 2.13 bits per heavy atom. The highest BCUT2D eigenvalue weighted by Crippen LogP contribution is 2.28. The van der Waals surface area contributed by atoms with E-state index in [2.05, 4.69) is 60.8 Å². The summed E-state index contributed by atoms with van der Waals surface area (Å²) in [5, 5.41) is 8.19. The normalized spacial score (nSPS) is 20.7. The summed E-state index contributed by atoms with van der Waals surface area (Å²) in [7, 11) is 0. The van der Waals surface area contributed by atoms with Crippen LogP contribution in [0.15, 0.2) is 29.4 Å². The minimum absolute atomic E-state index is 0.605. The second kappa shape index (κ2) is 7.07. The van der Waals surface area contributed by atoms with E-state index in [0.29, 0.717) is 6.04 Å². The molecule has 0 bridgehead atoms. The SMILES string of the molecule is CCNC(=NCCc1c[nH]c2c(CC)cccc12)NC1CC1C. The number of guanidine groups is 1. The standard InChI is InChI=1S/C19H28N4/c1-4-14-7-6-8-16-15(12-22-18(14)16)9-10-21-19(20-5-2)23-17-11-13(17)3/h6-8,12-13,17,22H,4-5,9-11H2,1-3H3,(H2,20,21,23). The van der Waals surface area contributed by atoms with Crippen LogP contribution in [-0.2, 0) is 12.8 Å². The molecule has 1 aromatic heterocycles. The maximum absolute atomic E-state index is 4.73. The molecule has 1 heterocycles. The monoisotopic (exact) mass is 312 g/mol. The minimum Gasteiger partial charge on any atom is -0.361 e. The highest BCUT2D eigenvalue weighted by atomic mass is 15.2. The van der Waals surface area contributed by atoms with E-state index in [1.165, 1.54) is 28.5 Å². The lowest BCUT2D eigenvalue weighted by atomic mass is 10.1. The van der Waals surface area contributed by atoms with Crippen molar-refractivity contribution in [3.63, 3.8) is 0 Å². The van der Waals surface area contributed by atoms with E-state index in [9.17, 15) is 0 Å². The fraction of sp³-hybridized carbons (Fsp3) is 0.526. The molecule has 3 N–H and O–H groups in total. The molecule has 0 amide bonds. The topological polar surface area (TPSA) is 52.2 Å². The Kier molecular flexibility index (Phi) is 4.89. The van der Waals surface area contributed by atoms with Gasteiger partial charge in [0.1, 0.15) is 0 Å². The summed E-state index contributed by atoms with van der Waals surface area (Å²) in [5.74, 6) is 1.73. The van der Waals surface area contributed by atoms with E-state index in [1.54, 1.807) is 0 Å². The van der Waals surface area contributed by atoms with E-state index >= 15 is 0 Å². The number of aromatic nitrogens is 1. The van der Waals surface area contributed by atoms with Crippen molar-refractivity contribution in [1.29, 1.82) is 0 Å². The second-order valence-corrected chi connectivity index (χ2v) is 6.48. The maximum Gasteiger partial charge on any atom is 0.191 e. The largest absolute Gasteiger partial charge is 0.361 e. The first-order chi connectivity index (χ1) is 11.2. The number of nitrogens with zero attached hydrogens (tertiary/aromatic N) is 1. The molecular weight excluding hydrogens is 284 g/mol. The number of hydrogen-bond donors (Lipinski definition) is 3. The fourth-order valence-electron chi connectivity index (χ4n) is 3.08. The molecule has 2 atom stereocenters. The summed E-state index contributed by atoms with van der Waals surface area (Å²) in [6.45, 7) is 8.30. The molecule has 124 valence electrons. The predicted octanol–water partition coefficient (Wildman–Crippen LogP) is 3.24. The molecule has 1 aliphatic rings. The van der Waals surface area contributed by atoms with E-state index in [-0.39, 0.29) is 0 Å². The van der Waals surface area contributed by atoms with Gasteiger partial charge in [-0.15, -0.1) is 0 Å². The molecule has 1 aliphatic carbocycles. The molecule has 0 aliphatic heterocycles. The van der Waals surface area contributed by atoms with Crippen LogP contribution in [0.25, 0.3) is 10.9 Å². The highest BCUT2D eigenvalue weighted by molar-refractivity contribution is 5.86. The van der Waals surface area contributed by atoms with E-state index in [4.69, 9.17) is 4.99 Å². The Morgan fingerprint density at radius 3 is 2.83 bits per heavy atom. The lowest BCUT2D eigenvalue weighted by Gasteiger charge is -2.10. The van der Waals surface area contributed by atoms with Gasteiger partial charge in [0.25, 0.3) is 0 Å². The van der Waals surface area contributed by atoms with Gasteiger partial charge in [-0.1, -0.05) is 32.0 Å². The van der Waals surface area contributed by atoms with Crippen LogP contribution in [0.4, 0.5) is 0 Å². The van der Waals surface area contributed by atoms with Crippen LogP contribution in [0.2, 0.25) is 0 Å². The molecule has 4 heteroatoms. The second-order valence-electron chi connectivity index (χ2n) is 6.48. The average Bonchev–Trinajstić information content (AvgIpc) is 3.08. The predicted molar refractivity (Wildman–Crippen MR) is 98.1 cm³/mol. The number of aryl methyl sites for hydroxylation is 1. The molecular formula is C19H28N4. The van der Waals surface area contributed by atoms with E-state index < -0.39 is 0 Å². The van der Waals surface area contributed by atoms with Gasteiger partial charge in [0.2, 0.25) is 0 Å². The zero-order chi connectivity index (χ0) is 16.2. The molecule has 0 saturated heterocycles. The van der Waals surface area contributed by atoms with Gasteiger partial charge < -0.3 is 15.6 Å². The van der Waals surface area contributed by atoms with Crippen molar-refractivity contribution in [3.8, 4) is 0 Å². The zero-order valence-electron chi connectivity index (χ0n) is 14.4. The van der Waals surface area contributed by atoms with E-state index in [1.807, 2.05) is 0 Å². The van der Waals surface area contributed by atoms with Crippen molar-refractivity contribution < 1.29 is 0 Å². The Hall–Kier alpha value is -1.97. The van der Waals surface area contributed by atoms with Crippen molar-refractivity contribution in [2.45, 2.75) is 46.1 Å². The van der Waals surface area contributed by atoms with Crippen LogP contribution in [0.3, 0.4) is 0 Å². The number of para-hydroxylation sites is 1. The number of H-pyrrole nitrogens is 1. The smallest absolute Gasteiger partial charge is 0.191 e. The Labute approximate surface area is 138 Å². The molecule has 3 rings (SSSR count). The minimum atomic E-state index is 0.605. The third-order valence-electron chi connectivity index (χ3n) is 4.70. The van der Waals surface area contributed by atoms with Gasteiger partial charge in [-0.05, 0) is 43.2 Å². The Morgan fingerprint density at radius 1 is 1.30 bits per heavy atom. The molecule has 2 aromatic rings. The number of nitrogens with one attached hydrogen (secondary N) is 3. The summed E-state index contributed by atoms with van der Waals surface area (Å²) in [5.41, 5.74) is 4.02. The van der Waals surface area contributed by atoms with Gasteiger partial charge in [-0.2, -0.15) is 0 Å². The number of benzene rings is 1. The number of rotatable bonds is 6. The van der Waals surface area contributed by atoms with Crippen LogP contribution in [-0.4, -0.2) is 30.1 Å². The first kappa shape index (κ1) is 15.9. The Balaban J connectivity index is 1.66. The maximum atomic E-state index is 4.73. The number of aliphatic imine (C=N–C) groups is 1. The summed E-state index contributed by atoms with van der Waals surface area (Å²) in [6.07, 6.45) is 5.42. The highest BCUT2D eigenvalue weighted by Gasteiger charge is 2.33. The third-order valence-corrected chi connectivity index (χ3v) is 4.70. The van der Waals surface area contributed by atoms with Crippen LogP contribution in [0.1, 0.15) is 38.3 Å². The molecule has 0 spiro atoms. The van der Waals surface area contributed by atoms with Crippen molar-refractivity contribution in [2.24, 2.45) is 10.9 Å². The van der Waals surface area contributed by atoms with Crippen molar-refractivity contribution in [2.75, 3.05) is 13.1 Å². The van der Waals surface area contributed by atoms with Crippen molar-refractivity contribution >= 4 is 16.9 Å². The quantitative estimate of drug-likeness (QED) is 0.566. The van der Waals surface area contributed by atoms with Gasteiger partial charge in [0.15, 0.2) is 5.96 Å². The first-order valence-corrected chi connectivity index (χ1v) is 8.85. The van der Waals surface area contributed by atoms with Crippen LogP contribution in [0.5, 0.6) is 0 Å². The average molecular weight is 312 g/mol. The zero-order valence-corrected chi connectivity index (χ0v) is 14.4. The van der Waals surface area contributed by atoms with Crippen molar-refractivity contribution in [3.05, 3.63) is 35.5 Å². The summed E-state index contributed by atoms with van der Waals surface area (Å²) in [4.78, 5) is 8.17. The van der Waals surface area contributed by atoms with Gasteiger partial charge in [-0.3, -0.25) is 4.99 Å². The van der Waals surface area contributed by atoms with Crippen LogP contribution >= 0.6 is 0 Å². The lowest BCUT2D eigenvalue weighted by molar-refractivity contribution is 0.765. The molecule has 0 radical (unpaired) electrons. The molecule has 23 heavy (non-hydrogen) atoms. The third kappa shape index (κ3) is 3.69. The summed E-state index contributed by atoms with van der Waals surface area (Å²) >= 11 is 0. The number of hydrogen-bond acceptors (Lipinski definition) is 1. The summed E-state index contributed by atoms with van der Waals surface area (Å²) in [6, 6.07) is 7.17. The molecule has 1 saturated carbocycles. The van der Waals surface area contributed by atoms with Crippen molar-refractivity contribution in [1.82, 2.24) is 15.6 Å². The molecule has 2 unspecified atom stereocenters. The van der Waals surface area contributed by atoms with E-state index in [0.717, 1.165) is 37.8 Å². The van der Waals surface area contributed by atoms with Crippen LogP contribution < -0.4 is 10.6 Å². The molecule has 1 aromatic carbocycles. The van der Waals surface area contributed by atoms with Gasteiger partial charge in [-0.25, -0.2) is 0 Å².